The molecule has 0 unspecified atom stereocenters. The summed E-state index contributed by atoms with van der Waals surface area (Å²) in [5.74, 6) is 0.0920. The van der Waals surface area contributed by atoms with Gasteiger partial charge < -0.3 is 15.2 Å². The number of hydrogen-bond donors (Lipinski definition) is 1. The molecule has 0 aliphatic heterocycles. The third-order valence-corrected chi connectivity index (χ3v) is 2.39. The summed E-state index contributed by atoms with van der Waals surface area (Å²) >= 11 is 0. The molecule has 0 fully saturated rings. The number of rotatable bonds is 5. The number of aromatic nitrogens is 1. The van der Waals surface area contributed by atoms with Gasteiger partial charge >= 0.3 is 0 Å². The minimum absolute atomic E-state index is 0.0393. The van der Waals surface area contributed by atoms with Crippen molar-refractivity contribution in [3.63, 3.8) is 0 Å². The largest absolute Gasteiger partial charge is 0.488 e. The Labute approximate surface area is 111 Å². The molecule has 1 aromatic carbocycles. The summed E-state index contributed by atoms with van der Waals surface area (Å²) in [5.41, 5.74) is 5.90. The molecule has 0 aliphatic rings. The van der Waals surface area contributed by atoms with E-state index in [1.54, 1.807) is 24.4 Å². The Morgan fingerprint density at radius 2 is 2.11 bits per heavy atom. The fourth-order valence-electron chi connectivity index (χ4n) is 1.50. The van der Waals surface area contributed by atoms with Crippen molar-refractivity contribution in [2.24, 2.45) is 0 Å². The highest BCUT2D eigenvalue weighted by molar-refractivity contribution is 5.54. The predicted octanol–water partition coefficient (Wildman–Crippen LogP) is 3.38. The van der Waals surface area contributed by atoms with Gasteiger partial charge in [-0.3, -0.25) is 0 Å². The van der Waals surface area contributed by atoms with Crippen molar-refractivity contribution in [2.75, 3.05) is 12.3 Å². The molecule has 2 aromatic rings. The van der Waals surface area contributed by atoms with Gasteiger partial charge in [-0.1, -0.05) is 13.0 Å². The summed E-state index contributed by atoms with van der Waals surface area (Å²) in [6.07, 6.45) is 2.40. The smallest absolute Gasteiger partial charge is 0.262 e. The molecule has 4 nitrogen and oxygen atoms in total. The van der Waals surface area contributed by atoms with E-state index in [2.05, 4.69) is 4.98 Å². The second kappa shape index (κ2) is 6.04. The molecule has 0 saturated heterocycles. The van der Waals surface area contributed by atoms with E-state index < -0.39 is 5.82 Å². The Hall–Kier alpha value is -2.30. The molecule has 1 heterocycles. The number of nitrogens with two attached hydrogens (primary N) is 1. The molecule has 2 rings (SSSR count). The molecule has 2 N–H and O–H groups in total. The van der Waals surface area contributed by atoms with Crippen LogP contribution < -0.4 is 15.2 Å². The topological polar surface area (TPSA) is 57.4 Å². The third-order valence-electron chi connectivity index (χ3n) is 2.39. The monoisotopic (exact) mass is 262 g/mol. The maximum atomic E-state index is 13.6. The highest BCUT2D eigenvalue weighted by Crippen LogP contribution is 2.33. The van der Waals surface area contributed by atoms with Gasteiger partial charge in [0.2, 0.25) is 0 Å². The summed E-state index contributed by atoms with van der Waals surface area (Å²) in [6, 6.07) is 7.80. The van der Waals surface area contributed by atoms with Gasteiger partial charge in [-0.15, -0.1) is 0 Å². The van der Waals surface area contributed by atoms with Crippen molar-refractivity contribution >= 4 is 5.69 Å². The highest BCUT2D eigenvalue weighted by Gasteiger charge is 2.13. The van der Waals surface area contributed by atoms with Crippen LogP contribution in [0, 0.1) is 5.82 Å². The van der Waals surface area contributed by atoms with E-state index in [4.69, 9.17) is 15.2 Å². The molecular formula is C14H15FN2O2. The first-order valence-corrected chi connectivity index (χ1v) is 6.02. The second-order valence-corrected chi connectivity index (χ2v) is 3.92. The number of para-hydroxylation sites is 1. The Bertz CT molecular complexity index is 541. The average molecular weight is 262 g/mol. The van der Waals surface area contributed by atoms with E-state index in [0.29, 0.717) is 12.4 Å². The first kappa shape index (κ1) is 13.1. The normalized spacial score (nSPS) is 10.2. The molecule has 0 radical (unpaired) electrons. The van der Waals surface area contributed by atoms with Crippen LogP contribution >= 0.6 is 0 Å². The number of pyridine rings is 1. The van der Waals surface area contributed by atoms with Gasteiger partial charge in [-0.05, 0) is 30.7 Å². The maximum Gasteiger partial charge on any atom is 0.262 e. The number of nitrogens with zero attached hydrogens (tertiary/aromatic N) is 1. The van der Waals surface area contributed by atoms with Crippen LogP contribution in [0.3, 0.4) is 0 Å². The Morgan fingerprint density at radius 1 is 1.26 bits per heavy atom. The summed E-state index contributed by atoms with van der Waals surface area (Å²) in [6.45, 7) is 2.53. The molecular weight excluding hydrogens is 247 g/mol. The second-order valence-electron chi connectivity index (χ2n) is 3.92. The third kappa shape index (κ3) is 3.13. The van der Waals surface area contributed by atoms with Crippen molar-refractivity contribution in [2.45, 2.75) is 13.3 Å². The van der Waals surface area contributed by atoms with Gasteiger partial charge in [-0.25, -0.2) is 9.37 Å². The van der Waals surface area contributed by atoms with E-state index >= 15 is 0 Å². The highest BCUT2D eigenvalue weighted by atomic mass is 19.1. The lowest BCUT2D eigenvalue weighted by Gasteiger charge is -2.12. The fourth-order valence-corrected chi connectivity index (χ4v) is 1.50. The zero-order valence-corrected chi connectivity index (χ0v) is 10.6. The van der Waals surface area contributed by atoms with Crippen molar-refractivity contribution in [3.05, 3.63) is 42.3 Å². The van der Waals surface area contributed by atoms with Crippen molar-refractivity contribution in [1.29, 1.82) is 0 Å². The van der Waals surface area contributed by atoms with Crippen LogP contribution in [0.15, 0.2) is 36.5 Å². The van der Waals surface area contributed by atoms with Crippen molar-refractivity contribution < 1.29 is 13.9 Å². The van der Waals surface area contributed by atoms with Crippen LogP contribution in [0.25, 0.3) is 0 Å². The summed E-state index contributed by atoms with van der Waals surface area (Å²) in [4.78, 5) is 4.04. The number of hydrogen-bond acceptors (Lipinski definition) is 4. The van der Waals surface area contributed by atoms with Crippen LogP contribution in [0.4, 0.5) is 10.1 Å². The lowest BCUT2D eigenvalue weighted by Crippen LogP contribution is -2.01. The average Bonchev–Trinajstić information content (AvgIpc) is 2.42. The molecule has 5 heteroatoms. The summed E-state index contributed by atoms with van der Waals surface area (Å²) < 4.78 is 24.6. The SMILES string of the molecule is CCCOc1cccnc1Oc1c(N)cccc1F. The van der Waals surface area contributed by atoms with Crippen LogP contribution in [0.2, 0.25) is 0 Å². The number of anilines is 1. The van der Waals surface area contributed by atoms with E-state index in [-0.39, 0.29) is 17.3 Å². The van der Waals surface area contributed by atoms with Crippen LogP contribution in [-0.2, 0) is 0 Å². The van der Waals surface area contributed by atoms with Gasteiger partial charge in [0.15, 0.2) is 17.3 Å². The molecule has 0 bridgehead atoms. The van der Waals surface area contributed by atoms with E-state index in [0.717, 1.165) is 6.42 Å². The maximum absolute atomic E-state index is 13.6. The van der Waals surface area contributed by atoms with Gasteiger partial charge in [-0.2, -0.15) is 0 Å². The van der Waals surface area contributed by atoms with Crippen molar-refractivity contribution in [1.82, 2.24) is 4.98 Å². The van der Waals surface area contributed by atoms with Crippen LogP contribution in [-0.4, -0.2) is 11.6 Å². The first-order chi connectivity index (χ1) is 9.22. The minimum Gasteiger partial charge on any atom is -0.488 e. The molecule has 100 valence electrons. The van der Waals surface area contributed by atoms with Gasteiger partial charge in [0.25, 0.3) is 5.88 Å². The summed E-state index contributed by atoms with van der Waals surface area (Å²) in [7, 11) is 0. The van der Waals surface area contributed by atoms with Gasteiger partial charge in [0, 0.05) is 6.20 Å². The fraction of sp³-hybridized carbons (Fsp3) is 0.214. The lowest BCUT2D eigenvalue weighted by molar-refractivity contribution is 0.296. The predicted molar refractivity (Wildman–Crippen MR) is 70.9 cm³/mol. The van der Waals surface area contributed by atoms with Crippen molar-refractivity contribution in [3.8, 4) is 17.4 Å². The zero-order valence-electron chi connectivity index (χ0n) is 10.6. The molecule has 1 aromatic heterocycles. The number of benzene rings is 1. The van der Waals surface area contributed by atoms with E-state index in [1.165, 1.54) is 12.1 Å². The van der Waals surface area contributed by atoms with E-state index in [1.807, 2.05) is 6.92 Å². The lowest BCUT2D eigenvalue weighted by atomic mass is 10.3. The molecule has 0 saturated carbocycles. The molecule has 0 atom stereocenters. The van der Waals surface area contributed by atoms with E-state index in [9.17, 15) is 4.39 Å². The number of nitrogen functional groups attached to an aromatic ring is 1. The quantitative estimate of drug-likeness (QED) is 0.839. The summed E-state index contributed by atoms with van der Waals surface area (Å²) in [5, 5.41) is 0. The Kier molecular flexibility index (Phi) is 4.18. The first-order valence-electron chi connectivity index (χ1n) is 6.02. The van der Waals surface area contributed by atoms with Gasteiger partial charge in [0.1, 0.15) is 0 Å². The molecule has 0 spiro atoms. The molecule has 19 heavy (non-hydrogen) atoms. The number of halogens is 1. The van der Waals surface area contributed by atoms with Crippen LogP contribution in [0.5, 0.6) is 17.4 Å². The standard InChI is InChI=1S/C14H15FN2O2/c1-2-9-18-12-7-4-8-17-14(12)19-13-10(15)5-3-6-11(13)16/h3-8H,2,9,16H2,1H3. The van der Waals surface area contributed by atoms with Gasteiger partial charge in [0.05, 0.1) is 12.3 Å². The Balaban J connectivity index is 2.28. The Morgan fingerprint density at radius 3 is 2.84 bits per heavy atom. The van der Waals surface area contributed by atoms with Crippen LogP contribution in [0.1, 0.15) is 13.3 Å². The molecule has 0 aliphatic carbocycles. The number of ether oxygens (including phenoxy) is 2. The zero-order chi connectivity index (χ0) is 13.7. The minimum atomic E-state index is -0.535. The molecule has 0 amide bonds.